The Balaban J connectivity index is 2.42. The molecule has 0 bridgehead atoms. The minimum Gasteiger partial charge on any atom is -0.480 e. The van der Waals surface area contributed by atoms with Crippen molar-refractivity contribution >= 4 is 16.9 Å². The minimum atomic E-state index is -0.880. The normalized spacial score (nSPS) is 11.2. The molecule has 0 saturated heterocycles. The molecular weight excluding hydrogens is 258 g/mol. The summed E-state index contributed by atoms with van der Waals surface area (Å²) in [4.78, 5) is 24.2. The van der Waals surface area contributed by atoms with Gasteiger partial charge in [0.25, 0.3) is 0 Å². The summed E-state index contributed by atoms with van der Waals surface area (Å²) in [5.41, 5.74) is 1.93. The van der Waals surface area contributed by atoms with Crippen LogP contribution in [0, 0.1) is 6.92 Å². The number of nitrogens with zero attached hydrogens (tertiary/aromatic N) is 1. The van der Waals surface area contributed by atoms with Crippen molar-refractivity contribution in [2.24, 2.45) is 0 Å². The van der Waals surface area contributed by atoms with Crippen LogP contribution in [0.2, 0.25) is 0 Å². The molecule has 1 aromatic carbocycles. The summed E-state index contributed by atoms with van der Waals surface area (Å²) in [5, 5.41) is 9.72. The molecule has 0 fully saturated rings. The average Bonchev–Trinajstić information content (AvgIpc) is 2.36. The number of carboxylic acids is 1. The second kappa shape index (κ2) is 5.88. The number of benzene rings is 1. The summed E-state index contributed by atoms with van der Waals surface area (Å²) in [6.07, 6.45) is 0. The fourth-order valence-electron chi connectivity index (χ4n) is 2.18. The van der Waals surface area contributed by atoms with E-state index in [-0.39, 0.29) is 6.54 Å². The van der Waals surface area contributed by atoms with Gasteiger partial charge in [0.1, 0.15) is 5.58 Å². The summed E-state index contributed by atoms with van der Waals surface area (Å²) >= 11 is 0. The van der Waals surface area contributed by atoms with E-state index in [0.717, 1.165) is 16.5 Å². The Morgan fingerprint density at radius 1 is 1.35 bits per heavy atom. The molecule has 0 aliphatic heterocycles. The smallest absolute Gasteiger partial charge is 0.336 e. The van der Waals surface area contributed by atoms with Gasteiger partial charge in [0, 0.05) is 18.0 Å². The lowest BCUT2D eigenvalue weighted by Gasteiger charge is -2.18. The van der Waals surface area contributed by atoms with Gasteiger partial charge >= 0.3 is 11.6 Å². The molecule has 5 nitrogen and oxygen atoms in total. The second-order valence-electron chi connectivity index (χ2n) is 4.79. The Morgan fingerprint density at radius 2 is 2.10 bits per heavy atom. The first kappa shape index (κ1) is 14.3. The highest BCUT2D eigenvalue weighted by atomic mass is 16.4. The lowest BCUT2D eigenvalue weighted by Crippen LogP contribution is -2.29. The van der Waals surface area contributed by atoms with Crippen LogP contribution in [-0.2, 0) is 11.3 Å². The molecule has 0 amide bonds. The van der Waals surface area contributed by atoms with Crippen molar-refractivity contribution < 1.29 is 14.3 Å². The van der Waals surface area contributed by atoms with Gasteiger partial charge in [-0.15, -0.1) is 0 Å². The molecular formula is C15H17NO4. The van der Waals surface area contributed by atoms with Crippen LogP contribution in [-0.4, -0.2) is 29.1 Å². The topological polar surface area (TPSA) is 70.8 Å². The van der Waals surface area contributed by atoms with Crippen LogP contribution in [0.25, 0.3) is 11.0 Å². The fourth-order valence-corrected chi connectivity index (χ4v) is 2.18. The first-order valence-corrected chi connectivity index (χ1v) is 6.47. The molecule has 20 heavy (non-hydrogen) atoms. The maximum Gasteiger partial charge on any atom is 0.336 e. The summed E-state index contributed by atoms with van der Waals surface area (Å²) in [7, 11) is 0. The molecule has 2 aromatic rings. The van der Waals surface area contributed by atoms with Gasteiger partial charge in [-0.2, -0.15) is 0 Å². The number of hydrogen-bond acceptors (Lipinski definition) is 4. The molecule has 106 valence electrons. The molecule has 1 heterocycles. The van der Waals surface area contributed by atoms with E-state index >= 15 is 0 Å². The number of likely N-dealkylation sites (N-methyl/N-ethyl adjacent to an activating group) is 1. The highest BCUT2D eigenvalue weighted by molar-refractivity contribution is 5.80. The number of carboxylic acid groups (broad SMARTS) is 1. The third kappa shape index (κ3) is 3.24. The van der Waals surface area contributed by atoms with Crippen LogP contribution in [0.4, 0.5) is 0 Å². The molecule has 0 unspecified atom stereocenters. The van der Waals surface area contributed by atoms with Gasteiger partial charge in [-0.25, -0.2) is 4.79 Å². The fraction of sp³-hybridized carbons (Fsp3) is 0.333. The zero-order chi connectivity index (χ0) is 14.7. The van der Waals surface area contributed by atoms with Crippen molar-refractivity contribution in [1.82, 2.24) is 4.90 Å². The van der Waals surface area contributed by atoms with Crippen LogP contribution in [0.3, 0.4) is 0 Å². The summed E-state index contributed by atoms with van der Waals surface area (Å²) in [6, 6.07) is 7.09. The van der Waals surface area contributed by atoms with Gasteiger partial charge in [-0.3, -0.25) is 9.69 Å². The highest BCUT2D eigenvalue weighted by Gasteiger charge is 2.12. The van der Waals surface area contributed by atoms with Crippen molar-refractivity contribution in [3.63, 3.8) is 0 Å². The Labute approximate surface area is 116 Å². The molecule has 0 atom stereocenters. The van der Waals surface area contributed by atoms with Gasteiger partial charge in [-0.05, 0) is 30.7 Å². The van der Waals surface area contributed by atoms with Crippen molar-refractivity contribution in [3.05, 3.63) is 45.8 Å². The Kier molecular flexibility index (Phi) is 4.20. The van der Waals surface area contributed by atoms with E-state index in [1.807, 2.05) is 32.0 Å². The van der Waals surface area contributed by atoms with E-state index in [1.54, 1.807) is 4.90 Å². The van der Waals surface area contributed by atoms with Crippen molar-refractivity contribution in [1.29, 1.82) is 0 Å². The first-order chi connectivity index (χ1) is 9.49. The standard InChI is InChI=1S/C15H17NO4/c1-3-16(9-14(17)18)8-11-7-15(19)20-13-6-10(2)4-5-12(11)13/h4-7H,3,8-9H2,1-2H3,(H,17,18). The SMILES string of the molecule is CCN(CC(=O)O)Cc1cc(=O)oc2cc(C)ccc12. The van der Waals surface area contributed by atoms with Crippen LogP contribution in [0.5, 0.6) is 0 Å². The Bertz CT molecular complexity index is 690. The van der Waals surface area contributed by atoms with E-state index < -0.39 is 11.6 Å². The van der Waals surface area contributed by atoms with E-state index in [9.17, 15) is 9.59 Å². The van der Waals surface area contributed by atoms with Crippen LogP contribution < -0.4 is 5.63 Å². The maximum absolute atomic E-state index is 11.6. The van der Waals surface area contributed by atoms with E-state index in [0.29, 0.717) is 18.7 Å². The summed E-state index contributed by atoms with van der Waals surface area (Å²) in [5.74, 6) is -0.880. The van der Waals surface area contributed by atoms with Crippen LogP contribution in [0.1, 0.15) is 18.1 Å². The second-order valence-corrected chi connectivity index (χ2v) is 4.79. The molecule has 0 aliphatic rings. The highest BCUT2D eigenvalue weighted by Crippen LogP contribution is 2.19. The van der Waals surface area contributed by atoms with Gasteiger partial charge in [-0.1, -0.05) is 19.1 Å². The van der Waals surface area contributed by atoms with Crippen LogP contribution >= 0.6 is 0 Å². The third-order valence-electron chi connectivity index (χ3n) is 3.19. The monoisotopic (exact) mass is 275 g/mol. The molecule has 0 radical (unpaired) electrons. The van der Waals surface area contributed by atoms with Gasteiger partial charge in [0.15, 0.2) is 0 Å². The van der Waals surface area contributed by atoms with Crippen LogP contribution in [0.15, 0.2) is 33.5 Å². The van der Waals surface area contributed by atoms with E-state index in [1.165, 1.54) is 6.07 Å². The Morgan fingerprint density at radius 3 is 2.75 bits per heavy atom. The molecule has 2 rings (SSSR count). The Hall–Kier alpha value is -2.14. The molecule has 1 N–H and O–H groups in total. The van der Waals surface area contributed by atoms with Crippen molar-refractivity contribution in [3.8, 4) is 0 Å². The number of carbonyl (C=O) groups is 1. The number of hydrogen-bond donors (Lipinski definition) is 1. The van der Waals surface area contributed by atoms with E-state index in [4.69, 9.17) is 9.52 Å². The number of aryl methyl sites for hydroxylation is 1. The lowest BCUT2D eigenvalue weighted by molar-refractivity contribution is -0.138. The number of aliphatic carboxylic acids is 1. The molecule has 0 saturated carbocycles. The third-order valence-corrected chi connectivity index (χ3v) is 3.19. The molecule has 5 heteroatoms. The molecule has 1 aromatic heterocycles. The number of rotatable bonds is 5. The number of fused-ring (bicyclic) bond motifs is 1. The minimum absolute atomic E-state index is 0.0515. The largest absolute Gasteiger partial charge is 0.480 e. The predicted octanol–water partition coefficient (Wildman–Crippen LogP) is 2.01. The molecule has 0 aliphatic carbocycles. The summed E-state index contributed by atoms with van der Waals surface area (Å²) < 4.78 is 5.19. The maximum atomic E-state index is 11.6. The van der Waals surface area contributed by atoms with E-state index in [2.05, 4.69) is 0 Å². The zero-order valence-corrected chi connectivity index (χ0v) is 11.5. The van der Waals surface area contributed by atoms with Gasteiger partial charge in [0.05, 0.1) is 6.54 Å². The van der Waals surface area contributed by atoms with Crippen molar-refractivity contribution in [2.45, 2.75) is 20.4 Å². The quantitative estimate of drug-likeness (QED) is 0.845. The zero-order valence-electron chi connectivity index (χ0n) is 11.5. The van der Waals surface area contributed by atoms with Crippen molar-refractivity contribution in [2.75, 3.05) is 13.1 Å². The average molecular weight is 275 g/mol. The van der Waals surface area contributed by atoms with Gasteiger partial charge in [0.2, 0.25) is 0 Å². The summed E-state index contributed by atoms with van der Waals surface area (Å²) in [6.45, 7) is 4.77. The van der Waals surface area contributed by atoms with Gasteiger partial charge < -0.3 is 9.52 Å². The molecule has 0 spiro atoms. The first-order valence-electron chi connectivity index (χ1n) is 6.47. The lowest BCUT2D eigenvalue weighted by atomic mass is 10.1. The predicted molar refractivity (Wildman–Crippen MR) is 75.8 cm³/mol.